The number of rotatable bonds is 7. The van der Waals surface area contributed by atoms with Crippen molar-refractivity contribution >= 4 is 21.7 Å². The third-order valence-corrected chi connectivity index (χ3v) is 10.9. The Morgan fingerprint density at radius 2 is 1.76 bits per heavy atom. The van der Waals surface area contributed by atoms with E-state index in [2.05, 4.69) is 0 Å². The molecule has 6 rings (SSSR count). The van der Waals surface area contributed by atoms with Crippen molar-refractivity contribution in [2.75, 3.05) is 0 Å². The van der Waals surface area contributed by atoms with E-state index in [0.29, 0.717) is 31.2 Å². The highest BCUT2D eigenvalue weighted by atomic mass is 32.2. The molecule has 3 saturated carbocycles. The number of nitrogens with zero attached hydrogens (tertiary/aromatic N) is 1. The second-order valence-electron chi connectivity index (χ2n) is 11.0. The van der Waals surface area contributed by atoms with Crippen molar-refractivity contribution in [2.45, 2.75) is 72.3 Å². The SMILES string of the molecule is NC(=O)C1CC2CC2([C@@H](c2ccc(C(F)(F)F)c(F)c2)C2CC2)N1C(=O)c1cccc(S(=O)(=O)C2CC2)c1. The summed E-state index contributed by atoms with van der Waals surface area (Å²) >= 11 is 0. The van der Waals surface area contributed by atoms with Gasteiger partial charge in [-0.2, -0.15) is 13.2 Å². The first-order chi connectivity index (χ1) is 17.9. The predicted molar refractivity (Wildman–Crippen MR) is 128 cm³/mol. The summed E-state index contributed by atoms with van der Waals surface area (Å²) in [5.41, 5.74) is 3.89. The van der Waals surface area contributed by atoms with Gasteiger partial charge in [-0.3, -0.25) is 9.59 Å². The normalized spacial score (nSPS) is 27.6. The minimum atomic E-state index is -4.84. The maximum atomic E-state index is 14.6. The average molecular weight is 551 g/mol. The summed E-state index contributed by atoms with van der Waals surface area (Å²) in [5.74, 6) is -3.23. The van der Waals surface area contributed by atoms with Crippen LogP contribution in [0.3, 0.4) is 0 Å². The lowest BCUT2D eigenvalue weighted by atomic mass is 9.82. The van der Waals surface area contributed by atoms with Gasteiger partial charge in [0.05, 0.1) is 21.2 Å². The van der Waals surface area contributed by atoms with Crippen LogP contribution in [0.15, 0.2) is 47.4 Å². The number of amides is 2. The molecule has 1 saturated heterocycles. The van der Waals surface area contributed by atoms with Crippen molar-refractivity contribution < 1.29 is 35.6 Å². The monoisotopic (exact) mass is 550 g/mol. The lowest BCUT2D eigenvalue weighted by Gasteiger charge is -2.39. The fraction of sp³-hybridized carbons (Fsp3) is 0.481. The molecule has 202 valence electrons. The molecule has 2 N–H and O–H groups in total. The Hall–Kier alpha value is -2.95. The molecule has 1 aliphatic heterocycles. The van der Waals surface area contributed by atoms with Crippen LogP contribution in [-0.2, 0) is 20.8 Å². The van der Waals surface area contributed by atoms with Crippen LogP contribution in [0.1, 0.15) is 65.9 Å². The van der Waals surface area contributed by atoms with E-state index in [4.69, 9.17) is 5.73 Å². The fourth-order valence-corrected chi connectivity index (χ4v) is 8.26. The molecule has 2 amide bonds. The molecular formula is C27H26F4N2O4S. The highest BCUT2D eigenvalue weighted by molar-refractivity contribution is 7.92. The molecule has 2 aromatic rings. The Bertz CT molecular complexity index is 1450. The first-order valence-electron chi connectivity index (χ1n) is 12.7. The van der Waals surface area contributed by atoms with Crippen LogP contribution in [0.5, 0.6) is 0 Å². The molecule has 3 aliphatic carbocycles. The van der Waals surface area contributed by atoms with Gasteiger partial charge in [-0.25, -0.2) is 12.8 Å². The highest BCUT2D eigenvalue weighted by Crippen LogP contribution is 2.69. The molecule has 3 unspecified atom stereocenters. The Morgan fingerprint density at radius 1 is 1.05 bits per heavy atom. The van der Waals surface area contributed by atoms with Crippen LogP contribution >= 0.6 is 0 Å². The lowest BCUT2D eigenvalue weighted by Crippen LogP contribution is -2.53. The summed E-state index contributed by atoms with van der Waals surface area (Å²) < 4.78 is 79.9. The maximum Gasteiger partial charge on any atom is 0.419 e. The molecular weight excluding hydrogens is 524 g/mol. The van der Waals surface area contributed by atoms with Gasteiger partial charge < -0.3 is 10.6 Å². The Balaban J connectivity index is 1.41. The molecule has 0 aromatic heterocycles. The number of hydrogen-bond donors (Lipinski definition) is 1. The van der Waals surface area contributed by atoms with Gasteiger partial charge in [0, 0.05) is 11.5 Å². The van der Waals surface area contributed by atoms with E-state index >= 15 is 0 Å². The number of benzene rings is 2. The summed E-state index contributed by atoms with van der Waals surface area (Å²) in [7, 11) is -3.57. The van der Waals surface area contributed by atoms with E-state index in [1.807, 2.05) is 0 Å². The molecule has 4 atom stereocenters. The summed E-state index contributed by atoms with van der Waals surface area (Å²) in [6.07, 6.45) is -1.38. The molecule has 11 heteroatoms. The number of hydrogen-bond acceptors (Lipinski definition) is 4. The number of alkyl halides is 3. The van der Waals surface area contributed by atoms with E-state index in [9.17, 15) is 35.6 Å². The van der Waals surface area contributed by atoms with Crippen molar-refractivity contribution in [3.05, 3.63) is 65.0 Å². The molecule has 1 heterocycles. The number of carbonyl (C=O) groups is 2. The van der Waals surface area contributed by atoms with Gasteiger partial charge in [0.25, 0.3) is 5.91 Å². The predicted octanol–water partition coefficient (Wildman–Crippen LogP) is 4.43. The second kappa shape index (κ2) is 8.27. The highest BCUT2D eigenvalue weighted by Gasteiger charge is 2.72. The molecule has 0 spiro atoms. The number of sulfone groups is 1. The molecule has 0 radical (unpaired) electrons. The number of halogens is 4. The summed E-state index contributed by atoms with van der Waals surface area (Å²) in [6.45, 7) is 0. The summed E-state index contributed by atoms with van der Waals surface area (Å²) in [4.78, 5) is 27.9. The quantitative estimate of drug-likeness (QED) is 0.516. The Morgan fingerprint density at radius 3 is 2.34 bits per heavy atom. The van der Waals surface area contributed by atoms with Gasteiger partial charge in [-0.15, -0.1) is 0 Å². The van der Waals surface area contributed by atoms with Gasteiger partial charge in [0.1, 0.15) is 11.9 Å². The second-order valence-corrected chi connectivity index (χ2v) is 13.3. The molecule has 4 fully saturated rings. The maximum absolute atomic E-state index is 14.6. The Labute approximate surface area is 217 Å². The molecule has 6 nitrogen and oxygen atoms in total. The molecule has 0 bridgehead atoms. The van der Waals surface area contributed by atoms with Crippen molar-refractivity contribution in [1.82, 2.24) is 4.90 Å². The number of fused-ring (bicyclic) bond motifs is 1. The van der Waals surface area contributed by atoms with Crippen LogP contribution in [0, 0.1) is 17.7 Å². The van der Waals surface area contributed by atoms with Crippen molar-refractivity contribution in [1.29, 1.82) is 0 Å². The van der Waals surface area contributed by atoms with Gasteiger partial charge in [-0.1, -0.05) is 12.1 Å². The lowest BCUT2D eigenvalue weighted by molar-refractivity contribution is -0.140. The van der Waals surface area contributed by atoms with E-state index in [1.54, 1.807) is 0 Å². The zero-order valence-corrected chi connectivity index (χ0v) is 21.1. The first-order valence-corrected chi connectivity index (χ1v) is 14.2. The smallest absolute Gasteiger partial charge is 0.368 e. The summed E-state index contributed by atoms with van der Waals surface area (Å²) in [6, 6.07) is 7.67. The minimum Gasteiger partial charge on any atom is -0.368 e. The van der Waals surface area contributed by atoms with Crippen molar-refractivity contribution in [3.8, 4) is 0 Å². The average Bonchev–Trinajstić information content (AvgIpc) is 3.72. The summed E-state index contributed by atoms with van der Waals surface area (Å²) in [5, 5.41) is -0.467. The standard InChI is InChI=1S/C27H26F4N2O4S/c28-21-11-15(6-9-20(21)27(29,30)31)23(14-4-5-14)26-13-17(26)12-22(24(32)34)33(26)25(35)16-2-1-3-19(10-16)38(36,37)18-7-8-18/h1-3,6,9-11,14,17-18,22-23H,4-5,7-8,12-13H2,(H2,32,34)/t17?,22?,23-,26?/m1/s1. The van der Waals surface area contributed by atoms with Gasteiger partial charge >= 0.3 is 6.18 Å². The van der Waals surface area contributed by atoms with Crippen LogP contribution in [0.4, 0.5) is 17.6 Å². The fourth-order valence-electron chi connectivity index (χ4n) is 6.56. The number of primary amides is 1. The van der Waals surface area contributed by atoms with Crippen molar-refractivity contribution in [3.63, 3.8) is 0 Å². The third kappa shape index (κ3) is 3.92. The number of nitrogens with two attached hydrogens (primary N) is 1. The van der Waals surface area contributed by atoms with Crippen LogP contribution in [0.2, 0.25) is 0 Å². The van der Waals surface area contributed by atoms with E-state index in [-0.39, 0.29) is 22.3 Å². The number of carbonyl (C=O) groups excluding carboxylic acids is 2. The molecule has 38 heavy (non-hydrogen) atoms. The van der Waals surface area contributed by atoms with Gasteiger partial charge in [0.15, 0.2) is 9.84 Å². The molecule has 2 aromatic carbocycles. The largest absolute Gasteiger partial charge is 0.419 e. The van der Waals surface area contributed by atoms with Crippen LogP contribution < -0.4 is 5.73 Å². The first kappa shape index (κ1) is 25.3. The molecule has 4 aliphatic rings. The number of likely N-dealkylation sites (tertiary alicyclic amines) is 1. The van der Waals surface area contributed by atoms with Gasteiger partial charge in [0.2, 0.25) is 5.91 Å². The zero-order chi connectivity index (χ0) is 27.2. The Kier molecular flexibility index (Phi) is 5.52. The van der Waals surface area contributed by atoms with Gasteiger partial charge in [-0.05, 0) is 86.3 Å². The van der Waals surface area contributed by atoms with E-state index in [1.165, 1.54) is 35.2 Å². The van der Waals surface area contributed by atoms with Crippen LogP contribution in [0.25, 0.3) is 0 Å². The topological polar surface area (TPSA) is 97.5 Å². The van der Waals surface area contributed by atoms with Crippen LogP contribution in [-0.4, -0.2) is 42.0 Å². The number of piperidine rings is 1. The third-order valence-electron chi connectivity index (χ3n) is 8.60. The van der Waals surface area contributed by atoms with E-state index in [0.717, 1.165) is 25.0 Å². The minimum absolute atomic E-state index is 0.0136. The van der Waals surface area contributed by atoms with Crippen molar-refractivity contribution in [2.24, 2.45) is 17.6 Å². The zero-order valence-electron chi connectivity index (χ0n) is 20.2. The van der Waals surface area contributed by atoms with E-state index < -0.39 is 62.0 Å².